The Balaban J connectivity index is 1.55. The highest BCUT2D eigenvalue weighted by Crippen LogP contribution is 2.21. The van der Waals surface area contributed by atoms with Crippen molar-refractivity contribution in [1.29, 1.82) is 0 Å². The molecule has 132 valence electrons. The first kappa shape index (κ1) is 16.0. The second-order valence-corrected chi connectivity index (χ2v) is 5.94. The van der Waals surface area contributed by atoms with Crippen LogP contribution in [0.4, 0.5) is 11.9 Å². The Bertz CT molecular complexity index is 1030. The van der Waals surface area contributed by atoms with Gasteiger partial charge in [-0.15, -0.1) is 0 Å². The van der Waals surface area contributed by atoms with Crippen LogP contribution in [-0.2, 0) is 13.1 Å². The monoisotopic (exact) mass is 349 g/mol. The number of aryl methyl sites for hydroxylation is 1. The summed E-state index contributed by atoms with van der Waals surface area (Å²) < 4.78 is 1.92. The zero-order valence-corrected chi connectivity index (χ0v) is 14.3. The topological polar surface area (TPSA) is 123 Å². The molecule has 26 heavy (non-hydrogen) atoms. The van der Waals surface area contributed by atoms with Gasteiger partial charge in [0.2, 0.25) is 11.9 Å². The van der Waals surface area contributed by atoms with Gasteiger partial charge >= 0.3 is 0 Å². The number of anilines is 2. The maximum Gasteiger partial charge on any atom is 0.228 e. The molecule has 1 aromatic carbocycles. The number of benzene rings is 1. The molecule has 0 bridgehead atoms. The van der Waals surface area contributed by atoms with Crippen LogP contribution in [0.5, 0.6) is 0 Å². The normalized spacial score (nSPS) is 11.1. The molecular formula is C17H19N9. The van der Waals surface area contributed by atoms with Crippen LogP contribution in [0, 0.1) is 0 Å². The number of nitrogen functional groups attached to an aromatic ring is 1. The summed E-state index contributed by atoms with van der Waals surface area (Å²) in [6.45, 7) is 3.54. The van der Waals surface area contributed by atoms with Gasteiger partial charge in [-0.2, -0.15) is 25.1 Å². The molecule has 0 unspecified atom stereocenters. The first-order valence-corrected chi connectivity index (χ1v) is 8.42. The number of hydrogen-bond donors (Lipinski definition) is 3. The molecule has 0 fully saturated rings. The fourth-order valence-electron chi connectivity index (χ4n) is 2.70. The molecule has 3 aromatic heterocycles. The fraction of sp³-hybridized carbons (Fsp3) is 0.235. The molecule has 0 aliphatic rings. The lowest BCUT2D eigenvalue weighted by molar-refractivity contribution is 0.595. The van der Waals surface area contributed by atoms with Gasteiger partial charge in [0.1, 0.15) is 0 Å². The van der Waals surface area contributed by atoms with E-state index in [0.29, 0.717) is 18.3 Å². The third-order valence-corrected chi connectivity index (χ3v) is 3.93. The van der Waals surface area contributed by atoms with Gasteiger partial charge in [0.15, 0.2) is 5.82 Å². The molecule has 9 heteroatoms. The highest BCUT2D eigenvalue weighted by molar-refractivity contribution is 5.82. The van der Waals surface area contributed by atoms with E-state index in [1.54, 1.807) is 6.20 Å². The van der Waals surface area contributed by atoms with Crippen molar-refractivity contribution >= 4 is 22.8 Å². The van der Waals surface area contributed by atoms with Crippen molar-refractivity contribution in [2.24, 2.45) is 0 Å². The van der Waals surface area contributed by atoms with E-state index in [1.165, 1.54) is 0 Å². The van der Waals surface area contributed by atoms with Crippen LogP contribution in [0.2, 0.25) is 0 Å². The molecule has 0 atom stereocenters. The summed E-state index contributed by atoms with van der Waals surface area (Å²) in [5, 5.41) is 15.6. The van der Waals surface area contributed by atoms with Crippen LogP contribution in [0.15, 0.2) is 36.7 Å². The van der Waals surface area contributed by atoms with E-state index >= 15 is 0 Å². The molecule has 0 radical (unpaired) electrons. The summed E-state index contributed by atoms with van der Waals surface area (Å²) >= 11 is 0. The average molecular weight is 349 g/mol. The SMILES string of the molecule is CCCn1ccc(CNc2nc(N)nc(-c3ccc4cn[nH]c4c3)n2)n1. The van der Waals surface area contributed by atoms with Crippen LogP contribution in [0.25, 0.3) is 22.3 Å². The molecule has 0 amide bonds. The van der Waals surface area contributed by atoms with Crippen molar-refractivity contribution in [3.8, 4) is 11.4 Å². The largest absolute Gasteiger partial charge is 0.368 e. The van der Waals surface area contributed by atoms with Crippen LogP contribution in [0.3, 0.4) is 0 Å². The van der Waals surface area contributed by atoms with E-state index in [4.69, 9.17) is 5.73 Å². The van der Waals surface area contributed by atoms with Gasteiger partial charge in [0, 0.05) is 23.7 Å². The van der Waals surface area contributed by atoms with Gasteiger partial charge in [0.25, 0.3) is 0 Å². The van der Waals surface area contributed by atoms with Crippen molar-refractivity contribution in [2.45, 2.75) is 26.4 Å². The quantitative estimate of drug-likeness (QED) is 0.487. The van der Waals surface area contributed by atoms with Crippen molar-refractivity contribution in [3.05, 3.63) is 42.4 Å². The third-order valence-electron chi connectivity index (χ3n) is 3.93. The number of fused-ring (bicyclic) bond motifs is 1. The zero-order chi connectivity index (χ0) is 17.9. The highest BCUT2D eigenvalue weighted by atomic mass is 15.3. The summed E-state index contributed by atoms with van der Waals surface area (Å²) in [6, 6.07) is 7.80. The molecule has 0 saturated heterocycles. The molecule has 4 aromatic rings. The summed E-state index contributed by atoms with van der Waals surface area (Å²) in [5.41, 5.74) is 8.53. The zero-order valence-electron chi connectivity index (χ0n) is 14.3. The summed E-state index contributed by atoms with van der Waals surface area (Å²) in [6.07, 6.45) is 4.78. The van der Waals surface area contributed by atoms with Crippen molar-refractivity contribution < 1.29 is 0 Å². The number of aromatic amines is 1. The molecular weight excluding hydrogens is 330 g/mol. The lowest BCUT2D eigenvalue weighted by Crippen LogP contribution is -2.09. The number of H-pyrrole nitrogens is 1. The second kappa shape index (κ2) is 6.79. The lowest BCUT2D eigenvalue weighted by Gasteiger charge is -2.06. The maximum absolute atomic E-state index is 5.86. The van der Waals surface area contributed by atoms with Gasteiger partial charge in [-0.1, -0.05) is 19.1 Å². The van der Waals surface area contributed by atoms with Crippen LogP contribution >= 0.6 is 0 Å². The highest BCUT2D eigenvalue weighted by Gasteiger charge is 2.09. The Morgan fingerprint density at radius 3 is 3.00 bits per heavy atom. The first-order chi connectivity index (χ1) is 12.7. The van der Waals surface area contributed by atoms with E-state index in [-0.39, 0.29) is 5.95 Å². The number of rotatable bonds is 6. The number of nitrogens with two attached hydrogens (primary N) is 1. The Hall–Kier alpha value is -3.49. The van der Waals surface area contributed by atoms with E-state index in [0.717, 1.165) is 35.1 Å². The van der Waals surface area contributed by atoms with Crippen LogP contribution in [0.1, 0.15) is 19.0 Å². The van der Waals surface area contributed by atoms with Gasteiger partial charge < -0.3 is 11.1 Å². The Labute approximate surface area is 149 Å². The minimum absolute atomic E-state index is 0.165. The minimum Gasteiger partial charge on any atom is -0.368 e. The first-order valence-electron chi connectivity index (χ1n) is 8.42. The third kappa shape index (κ3) is 3.32. The molecule has 4 N–H and O–H groups in total. The maximum atomic E-state index is 5.86. The van der Waals surface area contributed by atoms with Gasteiger partial charge in [0.05, 0.1) is 24.0 Å². The molecule has 0 saturated carbocycles. The Kier molecular flexibility index (Phi) is 4.18. The molecule has 9 nitrogen and oxygen atoms in total. The predicted molar refractivity (Wildman–Crippen MR) is 99.2 cm³/mol. The molecule has 4 rings (SSSR count). The van der Waals surface area contributed by atoms with E-state index < -0.39 is 0 Å². The summed E-state index contributed by atoms with van der Waals surface area (Å²) in [4.78, 5) is 12.9. The van der Waals surface area contributed by atoms with E-state index in [1.807, 2.05) is 35.1 Å². The standard InChI is InChI=1S/C17H19N9/c1-2-6-26-7-5-13(25-26)10-19-17-22-15(21-16(18)23-17)11-3-4-12-9-20-24-14(12)8-11/h3-5,7-9H,2,6,10H2,1H3,(H,20,24)(H3,18,19,21,22,23). The van der Waals surface area contributed by atoms with Gasteiger partial charge in [-0.25, -0.2) is 0 Å². The van der Waals surface area contributed by atoms with Crippen LogP contribution in [-0.4, -0.2) is 34.9 Å². The smallest absolute Gasteiger partial charge is 0.228 e. The molecule has 0 aliphatic carbocycles. The number of nitrogens with one attached hydrogen (secondary N) is 2. The Morgan fingerprint density at radius 1 is 1.19 bits per heavy atom. The summed E-state index contributed by atoms with van der Waals surface area (Å²) in [7, 11) is 0. The molecule has 0 aliphatic heterocycles. The average Bonchev–Trinajstić information content (AvgIpc) is 3.28. The van der Waals surface area contributed by atoms with E-state index in [9.17, 15) is 0 Å². The predicted octanol–water partition coefficient (Wildman–Crippen LogP) is 2.22. The van der Waals surface area contributed by atoms with Gasteiger partial charge in [-0.3, -0.25) is 9.78 Å². The lowest BCUT2D eigenvalue weighted by atomic mass is 10.1. The molecule has 3 heterocycles. The van der Waals surface area contributed by atoms with Gasteiger partial charge in [-0.05, 0) is 18.6 Å². The van der Waals surface area contributed by atoms with Crippen molar-refractivity contribution in [2.75, 3.05) is 11.1 Å². The van der Waals surface area contributed by atoms with Crippen molar-refractivity contribution in [1.82, 2.24) is 34.9 Å². The summed E-state index contributed by atoms with van der Waals surface area (Å²) in [5.74, 6) is 1.09. The number of nitrogens with zero attached hydrogens (tertiary/aromatic N) is 6. The van der Waals surface area contributed by atoms with Crippen molar-refractivity contribution in [3.63, 3.8) is 0 Å². The van der Waals surface area contributed by atoms with E-state index in [2.05, 4.69) is 42.5 Å². The number of hydrogen-bond acceptors (Lipinski definition) is 7. The van der Waals surface area contributed by atoms with Crippen LogP contribution < -0.4 is 11.1 Å². The minimum atomic E-state index is 0.165. The fourth-order valence-corrected chi connectivity index (χ4v) is 2.70. The molecule has 0 spiro atoms. The Morgan fingerprint density at radius 2 is 2.12 bits per heavy atom. The second-order valence-electron chi connectivity index (χ2n) is 5.94. The number of aromatic nitrogens is 7.